The Labute approximate surface area is 146 Å². The third-order valence-electron chi connectivity index (χ3n) is 3.91. The van der Waals surface area contributed by atoms with Crippen LogP contribution in [0.4, 0.5) is 11.4 Å². The van der Waals surface area contributed by atoms with Crippen LogP contribution in [0.15, 0.2) is 41.3 Å². The van der Waals surface area contributed by atoms with E-state index in [1.807, 2.05) is 6.07 Å². The van der Waals surface area contributed by atoms with Crippen molar-refractivity contribution < 1.29 is 13.2 Å². The maximum absolute atomic E-state index is 12.6. The molecule has 0 aromatic heterocycles. The van der Waals surface area contributed by atoms with Gasteiger partial charge in [-0.3, -0.25) is 9.52 Å². The zero-order chi connectivity index (χ0) is 17.3. The maximum Gasteiger partial charge on any atom is 0.261 e. The van der Waals surface area contributed by atoms with Gasteiger partial charge in [-0.05, 0) is 60.7 Å². The van der Waals surface area contributed by atoms with Crippen molar-refractivity contribution in [2.24, 2.45) is 0 Å². The van der Waals surface area contributed by atoms with Gasteiger partial charge in [0.15, 0.2) is 0 Å². The van der Waals surface area contributed by atoms with Crippen molar-refractivity contribution in [1.29, 1.82) is 0 Å². The van der Waals surface area contributed by atoms with Crippen molar-refractivity contribution in [2.45, 2.75) is 31.1 Å². The molecule has 1 aliphatic carbocycles. The van der Waals surface area contributed by atoms with Gasteiger partial charge in [0.1, 0.15) is 0 Å². The molecule has 0 saturated heterocycles. The molecule has 0 radical (unpaired) electrons. The highest BCUT2D eigenvalue weighted by atomic mass is 35.5. The molecule has 126 valence electrons. The van der Waals surface area contributed by atoms with E-state index < -0.39 is 10.0 Å². The summed E-state index contributed by atoms with van der Waals surface area (Å²) in [5.41, 5.74) is 3.00. The Morgan fingerprint density at radius 3 is 2.58 bits per heavy atom. The number of hydrogen-bond donors (Lipinski definition) is 2. The van der Waals surface area contributed by atoms with Crippen molar-refractivity contribution in [1.82, 2.24) is 0 Å². The fraction of sp³-hybridized carbons (Fsp3) is 0.235. The van der Waals surface area contributed by atoms with Crippen LogP contribution in [0.25, 0.3) is 0 Å². The van der Waals surface area contributed by atoms with Gasteiger partial charge in [0, 0.05) is 6.92 Å². The number of benzene rings is 2. The summed E-state index contributed by atoms with van der Waals surface area (Å²) < 4.78 is 27.7. The Hall–Kier alpha value is -2.05. The molecular weight excluding hydrogens is 348 g/mol. The van der Waals surface area contributed by atoms with Crippen LogP contribution in [0.1, 0.15) is 24.5 Å². The Bertz CT molecular complexity index is 910. The van der Waals surface area contributed by atoms with E-state index in [4.69, 9.17) is 11.6 Å². The summed E-state index contributed by atoms with van der Waals surface area (Å²) in [5.74, 6) is -0.282. The van der Waals surface area contributed by atoms with Crippen molar-refractivity contribution in [3.63, 3.8) is 0 Å². The van der Waals surface area contributed by atoms with Crippen LogP contribution < -0.4 is 10.0 Å². The molecular formula is C17H17ClN2O3S. The fourth-order valence-electron chi connectivity index (χ4n) is 2.80. The predicted molar refractivity (Wildman–Crippen MR) is 95.0 cm³/mol. The average molecular weight is 365 g/mol. The highest BCUT2D eigenvalue weighted by molar-refractivity contribution is 7.92. The number of fused-ring (bicyclic) bond motifs is 1. The maximum atomic E-state index is 12.6. The molecule has 0 spiro atoms. The van der Waals surface area contributed by atoms with Gasteiger partial charge in [0.05, 0.1) is 21.3 Å². The van der Waals surface area contributed by atoms with Gasteiger partial charge in [-0.25, -0.2) is 8.42 Å². The van der Waals surface area contributed by atoms with Crippen molar-refractivity contribution in [3.05, 3.63) is 52.5 Å². The summed E-state index contributed by atoms with van der Waals surface area (Å²) in [6.07, 6.45) is 2.97. The van der Waals surface area contributed by atoms with E-state index in [1.165, 1.54) is 24.6 Å². The van der Waals surface area contributed by atoms with Gasteiger partial charge in [0.25, 0.3) is 10.0 Å². The molecule has 1 amide bonds. The zero-order valence-corrected chi connectivity index (χ0v) is 14.7. The van der Waals surface area contributed by atoms with Crippen molar-refractivity contribution >= 4 is 38.9 Å². The molecule has 0 unspecified atom stereocenters. The van der Waals surface area contributed by atoms with E-state index in [-0.39, 0.29) is 10.8 Å². The lowest BCUT2D eigenvalue weighted by Crippen LogP contribution is -2.14. The number of sulfonamides is 1. The molecule has 0 aliphatic heterocycles. The lowest BCUT2D eigenvalue weighted by Gasteiger charge is -2.12. The van der Waals surface area contributed by atoms with Gasteiger partial charge in [-0.2, -0.15) is 0 Å². The molecule has 7 heteroatoms. The third kappa shape index (κ3) is 3.55. The van der Waals surface area contributed by atoms with Gasteiger partial charge in [-0.1, -0.05) is 17.7 Å². The standard InChI is InChI=1S/C17H17ClN2O3S/c1-11(21)19-17-10-14(6-8-16(17)18)20-24(22,23)15-7-5-12-3-2-4-13(12)9-15/h5-10,20H,2-4H2,1H3,(H,19,21). The first-order valence-electron chi connectivity index (χ1n) is 7.57. The van der Waals surface area contributed by atoms with E-state index in [0.717, 1.165) is 24.8 Å². The molecule has 0 atom stereocenters. The van der Waals surface area contributed by atoms with Gasteiger partial charge in [0.2, 0.25) is 5.91 Å². The van der Waals surface area contributed by atoms with E-state index in [0.29, 0.717) is 16.4 Å². The number of halogens is 1. The van der Waals surface area contributed by atoms with Crippen LogP contribution in [0, 0.1) is 0 Å². The van der Waals surface area contributed by atoms with E-state index in [9.17, 15) is 13.2 Å². The minimum absolute atomic E-state index is 0.235. The monoisotopic (exact) mass is 364 g/mol. The Balaban J connectivity index is 1.88. The number of carbonyl (C=O) groups excluding carboxylic acids is 1. The second-order valence-corrected chi connectivity index (χ2v) is 7.85. The summed E-state index contributed by atoms with van der Waals surface area (Å²) in [5, 5.41) is 2.91. The van der Waals surface area contributed by atoms with Crippen LogP contribution >= 0.6 is 11.6 Å². The SMILES string of the molecule is CC(=O)Nc1cc(NS(=O)(=O)c2ccc3c(c2)CCC3)ccc1Cl. The number of carbonyl (C=O) groups is 1. The molecule has 2 aromatic carbocycles. The Kier molecular flexibility index (Phi) is 4.51. The minimum atomic E-state index is -3.70. The molecule has 2 N–H and O–H groups in total. The number of hydrogen-bond acceptors (Lipinski definition) is 3. The average Bonchev–Trinajstić information content (AvgIpc) is 2.97. The Morgan fingerprint density at radius 2 is 1.83 bits per heavy atom. The second kappa shape index (κ2) is 6.45. The number of rotatable bonds is 4. The quantitative estimate of drug-likeness (QED) is 0.870. The number of amides is 1. The van der Waals surface area contributed by atoms with E-state index in [1.54, 1.807) is 18.2 Å². The predicted octanol–water partition coefficient (Wildman–Crippen LogP) is 3.59. The van der Waals surface area contributed by atoms with Crippen molar-refractivity contribution in [2.75, 3.05) is 10.0 Å². The lowest BCUT2D eigenvalue weighted by atomic mass is 10.1. The first-order chi connectivity index (χ1) is 11.3. The summed E-state index contributed by atoms with van der Waals surface area (Å²) >= 11 is 6.00. The first-order valence-corrected chi connectivity index (χ1v) is 9.43. The normalized spacial score (nSPS) is 13.4. The number of nitrogens with one attached hydrogen (secondary N) is 2. The summed E-state index contributed by atoms with van der Waals surface area (Å²) in [6.45, 7) is 1.36. The van der Waals surface area contributed by atoms with Crippen LogP contribution in [-0.4, -0.2) is 14.3 Å². The molecule has 0 fully saturated rings. The van der Waals surface area contributed by atoms with Crippen LogP contribution in [0.2, 0.25) is 5.02 Å². The molecule has 5 nitrogen and oxygen atoms in total. The lowest BCUT2D eigenvalue weighted by molar-refractivity contribution is -0.114. The largest absolute Gasteiger partial charge is 0.325 e. The third-order valence-corrected chi connectivity index (χ3v) is 5.62. The van der Waals surface area contributed by atoms with Gasteiger partial charge in [-0.15, -0.1) is 0 Å². The topological polar surface area (TPSA) is 75.3 Å². The zero-order valence-electron chi connectivity index (χ0n) is 13.1. The first kappa shape index (κ1) is 16.8. The highest BCUT2D eigenvalue weighted by Gasteiger charge is 2.19. The summed E-state index contributed by atoms with van der Waals surface area (Å²) in [6, 6.07) is 9.81. The smallest absolute Gasteiger partial charge is 0.261 e. The number of anilines is 2. The Morgan fingerprint density at radius 1 is 1.08 bits per heavy atom. The minimum Gasteiger partial charge on any atom is -0.325 e. The van der Waals surface area contributed by atoms with Crippen LogP contribution in [0.5, 0.6) is 0 Å². The van der Waals surface area contributed by atoms with Crippen LogP contribution in [0.3, 0.4) is 0 Å². The summed E-state index contributed by atoms with van der Waals surface area (Å²) in [7, 11) is -3.70. The molecule has 0 heterocycles. The molecule has 2 aromatic rings. The molecule has 24 heavy (non-hydrogen) atoms. The van der Waals surface area contributed by atoms with E-state index in [2.05, 4.69) is 10.0 Å². The molecule has 0 saturated carbocycles. The molecule has 1 aliphatic rings. The van der Waals surface area contributed by atoms with Crippen LogP contribution in [-0.2, 0) is 27.7 Å². The van der Waals surface area contributed by atoms with Gasteiger partial charge >= 0.3 is 0 Å². The highest BCUT2D eigenvalue weighted by Crippen LogP contribution is 2.28. The van der Waals surface area contributed by atoms with Crippen molar-refractivity contribution in [3.8, 4) is 0 Å². The molecule has 3 rings (SSSR count). The second-order valence-electron chi connectivity index (χ2n) is 5.77. The fourth-order valence-corrected chi connectivity index (χ4v) is 4.07. The number of aryl methyl sites for hydroxylation is 2. The molecule has 0 bridgehead atoms. The van der Waals surface area contributed by atoms with Gasteiger partial charge < -0.3 is 5.32 Å². The summed E-state index contributed by atoms with van der Waals surface area (Å²) in [4.78, 5) is 11.4. The van der Waals surface area contributed by atoms with E-state index >= 15 is 0 Å².